The summed E-state index contributed by atoms with van der Waals surface area (Å²) in [6, 6.07) is 8.77. The maximum atomic E-state index is 13.8. The number of nitrogens with zero attached hydrogens (tertiary/aromatic N) is 2. The highest BCUT2D eigenvalue weighted by Gasteiger charge is 2.29. The average molecular weight is 499 g/mol. The van der Waals surface area contributed by atoms with Gasteiger partial charge in [0.1, 0.15) is 11.6 Å². The first-order valence-corrected chi connectivity index (χ1v) is 12.0. The third kappa shape index (κ3) is 5.98. The number of piperidine rings is 1. The Kier molecular flexibility index (Phi) is 8.47. The van der Waals surface area contributed by atoms with Gasteiger partial charge >= 0.3 is 0 Å². The molecule has 0 aliphatic carbocycles. The fourth-order valence-corrected chi connectivity index (χ4v) is 4.87. The molecule has 3 aromatic rings. The van der Waals surface area contributed by atoms with Crippen LogP contribution in [0.25, 0.3) is 10.9 Å². The van der Waals surface area contributed by atoms with E-state index in [1.54, 1.807) is 13.3 Å². The molecule has 0 bridgehead atoms. The molecule has 190 valence electrons. The number of aromatic nitrogens is 1. The number of benzene rings is 2. The Morgan fingerprint density at radius 3 is 2.78 bits per heavy atom. The van der Waals surface area contributed by atoms with Crippen molar-refractivity contribution in [3.05, 3.63) is 71.2 Å². The van der Waals surface area contributed by atoms with E-state index < -0.39 is 23.6 Å². The van der Waals surface area contributed by atoms with Crippen LogP contribution < -0.4 is 4.74 Å². The van der Waals surface area contributed by atoms with Crippen molar-refractivity contribution in [3.63, 3.8) is 0 Å². The molecule has 8 heteroatoms. The second-order valence-electron chi connectivity index (χ2n) is 9.15. The molecule has 0 unspecified atom stereocenters. The van der Waals surface area contributed by atoms with E-state index in [0.29, 0.717) is 31.3 Å². The zero-order chi connectivity index (χ0) is 25.7. The Morgan fingerprint density at radius 1 is 1.17 bits per heavy atom. The SMILES string of the molecule is COc1ccc2nccc([C@@H](O)CC[C@@H]3CCN(CC#Cc4cc(F)cc(F)c4F)C[C@@H]3CO)c2c1. The van der Waals surface area contributed by atoms with Gasteiger partial charge < -0.3 is 14.9 Å². The van der Waals surface area contributed by atoms with Crippen molar-refractivity contribution in [2.75, 3.05) is 33.4 Å². The van der Waals surface area contributed by atoms with E-state index in [4.69, 9.17) is 4.74 Å². The van der Waals surface area contributed by atoms with Gasteiger partial charge in [0, 0.05) is 30.8 Å². The van der Waals surface area contributed by atoms with Crippen LogP contribution >= 0.6 is 0 Å². The van der Waals surface area contributed by atoms with Crippen molar-refractivity contribution in [2.24, 2.45) is 11.8 Å². The molecule has 2 heterocycles. The van der Waals surface area contributed by atoms with Crippen molar-refractivity contribution >= 4 is 10.9 Å². The van der Waals surface area contributed by atoms with Crippen LogP contribution in [0.15, 0.2) is 42.6 Å². The summed E-state index contributed by atoms with van der Waals surface area (Å²) in [5, 5.41) is 21.8. The normalized spacial score (nSPS) is 19.1. The summed E-state index contributed by atoms with van der Waals surface area (Å²) in [5.74, 6) is 2.94. The fraction of sp³-hybridized carbons (Fsp3) is 0.393. The molecule has 0 radical (unpaired) electrons. The smallest absolute Gasteiger partial charge is 0.174 e. The van der Waals surface area contributed by atoms with Crippen LogP contribution in [-0.4, -0.2) is 53.4 Å². The fourth-order valence-electron chi connectivity index (χ4n) is 4.87. The maximum absolute atomic E-state index is 13.8. The van der Waals surface area contributed by atoms with E-state index in [1.165, 1.54) is 0 Å². The topological polar surface area (TPSA) is 65.8 Å². The highest BCUT2D eigenvalue weighted by molar-refractivity contribution is 5.83. The number of methoxy groups -OCH3 is 1. The minimum absolute atomic E-state index is 0.00378. The quantitative estimate of drug-likeness (QED) is 0.372. The van der Waals surface area contributed by atoms with Crippen LogP contribution in [0.4, 0.5) is 13.2 Å². The van der Waals surface area contributed by atoms with Crippen LogP contribution in [0.5, 0.6) is 5.75 Å². The van der Waals surface area contributed by atoms with E-state index in [9.17, 15) is 23.4 Å². The molecule has 0 spiro atoms. The monoisotopic (exact) mass is 498 g/mol. The van der Waals surface area contributed by atoms with Gasteiger partial charge in [-0.15, -0.1) is 0 Å². The molecule has 4 rings (SSSR count). The van der Waals surface area contributed by atoms with Crippen molar-refractivity contribution in [1.82, 2.24) is 9.88 Å². The number of halogens is 3. The predicted octanol–water partition coefficient (Wildman–Crippen LogP) is 4.46. The van der Waals surface area contributed by atoms with Crippen LogP contribution in [-0.2, 0) is 0 Å². The first kappa shape index (κ1) is 26.0. The van der Waals surface area contributed by atoms with Gasteiger partial charge in [0.2, 0.25) is 0 Å². The summed E-state index contributed by atoms with van der Waals surface area (Å²) in [4.78, 5) is 6.40. The minimum Gasteiger partial charge on any atom is -0.497 e. The van der Waals surface area contributed by atoms with E-state index in [-0.39, 0.29) is 24.0 Å². The highest BCUT2D eigenvalue weighted by atomic mass is 19.2. The van der Waals surface area contributed by atoms with Gasteiger partial charge in [-0.3, -0.25) is 9.88 Å². The van der Waals surface area contributed by atoms with Crippen LogP contribution in [0.2, 0.25) is 0 Å². The van der Waals surface area contributed by atoms with Gasteiger partial charge in [0.15, 0.2) is 11.6 Å². The van der Waals surface area contributed by atoms with Gasteiger partial charge in [-0.2, -0.15) is 0 Å². The highest BCUT2D eigenvalue weighted by Crippen LogP contribution is 2.33. The van der Waals surface area contributed by atoms with Gasteiger partial charge in [-0.05, 0) is 73.5 Å². The minimum atomic E-state index is -1.26. The second kappa shape index (κ2) is 11.7. The number of rotatable bonds is 7. The average Bonchev–Trinajstić information content (AvgIpc) is 2.89. The molecule has 0 saturated carbocycles. The lowest BCUT2D eigenvalue weighted by atomic mass is 9.81. The number of hydrogen-bond donors (Lipinski definition) is 2. The molecular formula is C28H29F3N2O3. The molecule has 1 aliphatic rings. The van der Waals surface area contributed by atoms with E-state index >= 15 is 0 Å². The molecule has 5 nitrogen and oxygen atoms in total. The van der Waals surface area contributed by atoms with Crippen LogP contribution in [0, 0.1) is 41.1 Å². The van der Waals surface area contributed by atoms with Gasteiger partial charge in [-0.25, -0.2) is 13.2 Å². The Labute approximate surface area is 208 Å². The number of likely N-dealkylation sites (tertiary alicyclic amines) is 1. The number of ether oxygens (including phenoxy) is 1. The Hall–Kier alpha value is -3.12. The zero-order valence-electron chi connectivity index (χ0n) is 20.1. The number of fused-ring (bicyclic) bond motifs is 1. The summed E-state index contributed by atoms with van der Waals surface area (Å²) < 4.78 is 45.8. The van der Waals surface area contributed by atoms with Gasteiger partial charge in [-0.1, -0.05) is 11.8 Å². The van der Waals surface area contributed by atoms with Crippen LogP contribution in [0.3, 0.4) is 0 Å². The van der Waals surface area contributed by atoms with Crippen molar-refractivity contribution in [3.8, 4) is 17.6 Å². The summed E-state index contributed by atoms with van der Waals surface area (Å²) >= 11 is 0. The first-order valence-electron chi connectivity index (χ1n) is 12.0. The van der Waals surface area contributed by atoms with Crippen molar-refractivity contribution in [1.29, 1.82) is 0 Å². The predicted molar refractivity (Wildman–Crippen MR) is 131 cm³/mol. The van der Waals surface area contributed by atoms with Gasteiger partial charge in [0.25, 0.3) is 0 Å². The Bertz CT molecular complexity index is 1270. The summed E-state index contributed by atoms with van der Waals surface area (Å²) in [5.41, 5.74) is 1.28. The number of aliphatic hydroxyl groups excluding tert-OH is 2. The number of hydrogen-bond acceptors (Lipinski definition) is 5. The van der Waals surface area contributed by atoms with Crippen molar-refractivity contribution < 1.29 is 28.1 Å². The van der Waals surface area contributed by atoms with E-state index in [0.717, 1.165) is 41.9 Å². The zero-order valence-corrected chi connectivity index (χ0v) is 20.1. The third-order valence-corrected chi connectivity index (χ3v) is 6.88. The maximum Gasteiger partial charge on any atom is 0.174 e. The number of aliphatic hydroxyl groups is 2. The van der Waals surface area contributed by atoms with E-state index in [1.807, 2.05) is 29.2 Å². The van der Waals surface area contributed by atoms with E-state index in [2.05, 4.69) is 16.8 Å². The largest absolute Gasteiger partial charge is 0.497 e. The van der Waals surface area contributed by atoms with Crippen LogP contribution in [0.1, 0.15) is 36.5 Å². The molecule has 36 heavy (non-hydrogen) atoms. The molecule has 3 atom stereocenters. The molecule has 2 aromatic carbocycles. The molecule has 1 aromatic heterocycles. The summed E-state index contributed by atoms with van der Waals surface area (Å²) in [7, 11) is 1.60. The lowest BCUT2D eigenvalue weighted by Crippen LogP contribution is -2.42. The first-order chi connectivity index (χ1) is 17.4. The molecule has 1 saturated heterocycles. The Balaban J connectivity index is 1.35. The summed E-state index contributed by atoms with van der Waals surface area (Å²) in [6.45, 7) is 1.63. The molecular weight excluding hydrogens is 469 g/mol. The van der Waals surface area contributed by atoms with Gasteiger partial charge in [0.05, 0.1) is 30.8 Å². The molecule has 1 fully saturated rings. The molecule has 1 aliphatic heterocycles. The Morgan fingerprint density at radius 2 is 2.00 bits per heavy atom. The summed E-state index contributed by atoms with van der Waals surface area (Å²) in [6.07, 6.45) is 3.11. The standard InChI is InChI=1S/C28H29F3N2O3/c1-36-22-5-6-26-24(15-22)23(8-10-32-26)27(35)7-4-18-9-12-33(16-20(18)17-34)11-2-3-19-13-21(29)14-25(30)28(19)31/h5-6,8,10,13-15,18,20,27,34-35H,4,7,9,11-12,16-17H2,1H3/t18-,20-,27+/m1/s1. The lowest BCUT2D eigenvalue weighted by molar-refractivity contribution is 0.0640. The number of pyridine rings is 1. The molecule has 0 amide bonds. The molecule has 2 N–H and O–H groups in total. The van der Waals surface area contributed by atoms with Crippen molar-refractivity contribution in [2.45, 2.75) is 25.4 Å². The third-order valence-electron chi connectivity index (χ3n) is 6.88. The second-order valence-corrected chi connectivity index (χ2v) is 9.15. The lowest BCUT2D eigenvalue weighted by Gasteiger charge is -2.37.